The molecule has 0 radical (unpaired) electrons. The summed E-state index contributed by atoms with van der Waals surface area (Å²) in [5.41, 5.74) is 7.08. The third-order valence-electron chi connectivity index (χ3n) is 2.33. The van der Waals surface area contributed by atoms with Gasteiger partial charge in [0.05, 0.1) is 11.2 Å². The Hall–Kier alpha value is -1.59. The molecule has 88 valence electrons. The number of nitrogens with zero attached hydrogens (tertiary/aromatic N) is 2. The van der Waals surface area contributed by atoms with Crippen molar-refractivity contribution < 1.29 is 0 Å². The number of hydrogen-bond acceptors (Lipinski definition) is 3. The highest BCUT2D eigenvalue weighted by atomic mass is 35.5. The highest BCUT2D eigenvalue weighted by Crippen LogP contribution is 2.23. The molecular weight excluding hydrogens is 256 g/mol. The molecule has 0 aliphatic rings. The lowest BCUT2D eigenvalue weighted by Gasteiger charge is -2.08. The quantitative estimate of drug-likeness (QED) is 0.838. The van der Waals surface area contributed by atoms with Gasteiger partial charge in [-0.25, -0.2) is 0 Å². The normalized spacial score (nSPS) is 10.2. The number of thiocarbonyl (C=S) groups is 1. The van der Waals surface area contributed by atoms with E-state index in [1.807, 2.05) is 19.2 Å². The van der Waals surface area contributed by atoms with Gasteiger partial charge in [-0.1, -0.05) is 23.8 Å². The molecule has 0 saturated carbocycles. The van der Waals surface area contributed by atoms with Crippen molar-refractivity contribution in [1.82, 2.24) is 9.78 Å². The monoisotopic (exact) mass is 266 g/mol. The Kier molecular flexibility index (Phi) is 3.31. The molecule has 0 atom stereocenters. The maximum absolute atomic E-state index is 6.07. The average molecular weight is 267 g/mol. The number of aryl methyl sites for hydroxylation is 1. The zero-order chi connectivity index (χ0) is 12.4. The molecule has 0 aliphatic heterocycles. The molecule has 0 fully saturated rings. The number of nitrogens with two attached hydrogens (primary N) is 1. The van der Waals surface area contributed by atoms with Gasteiger partial charge in [0.1, 0.15) is 10.8 Å². The zero-order valence-electron chi connectivity index (χ0n) is 9.14. The molecule has 0 saturated heterocycles. The topological polar surface area (TPSA) is 55.9 Å². The maximum Gasteiger partial charge on any atom is 0.128 e. The van der Waals surface area contributed by atoms with Crippen molar-refractivity contribution in [3.05, 3.63) is 41.0 Å². The SMILES string of the molecule is Cn1nccc1Nc1ccc(C(N)=S)c(Cl)c1. The van der Waals surface area contributed by atoms with E-state index in [4.69, 9.17) is 29.6 Å². The van der Waals surface area contributed by atoms with E-state index in [9.17, 15) is 0 Å². The Morgan fingerprint density at radius 1 is 1.47 bits per heavy atom. The van der Waals surface area contributed by atoms with Crippen LogP contribution in [0.5, 0.6) is 0 Å². The summed E-state index contributed by atoms with van der Waals surface area (Å²) in [4.78, 5) is 0.294. The minimum absolute atomic E-state index is 0.294. The number of benzene rings is 1. The van der Waals surface area contributed by atoms with Crippen LogP contribution in [0.25, 0.3) is 0 Å². The van der Waals surface area contributed by atoms with Crippen LogP contribution in [0.15, 0.2) is 30.5 Å². The summed E-state index contributed by atoms with van der Waals surface area (Å²) >= 11 is 11.0. The standard InChI is InChI=1S/C11H11ClN4S/c1-16-10(4-5-14-16)15-7-2-3-8(11(13)17)9(12)6-7/h2-6,15H,1H3,(H2,13,17). The van der Waals surface area contributed by atoms with E-state index in [0.29, 0.717) is 15.6 Å². The van der Waals surface area contributed by atoms with Crippen LogP contribution in [0.3, 0.4) is 0 Å². The summed E-state index contributed by atoms with van der Waals surface area (Å²) in [6.07, 6.45) is 1.72. The van der Waals surface area contributed by atoms with Crippen molar-refractivity contribution >= 4 is 40.3 Å². The summed E-state index contributed by atoms with van der Waals surface area (Å²) < 4.78 is 1.73. The Morgan fingerprint density at radius 2 is 2.24 bits per heavy atom. The fourth-order valence-electron chi connectivity index (χ4n) is 1.44. The lowest BCUT2D eigenvalue weighted by atomic mass is 10.2. The highest BCUT2D eigenvalue weighted by Gasteiger charge is 2.05. The van der Waals surface area contributed by atoms with Crippen LogP contribution in [0.2, 0.25) is 5.02 Å². The van der Waals surface area contributed by atoms with E-state index in [0.717, 1.165) is 11.5 Å². The van der Waals surface area contributed by atoms with Crippen molar-refractivity contribution in [3.63, 3.8) is 0 Å². The van der Waals surface area contributed by atoms with Crippen molar-refractivity contribution in [3.8, 4) is 0 Å². The molecule has 0 unspecified atom stereocenters. The third kappa shape index (κ3) is 2.57. The van der Waals surface area contributed by atoms with Gasteiger partial charge in [-0.05, 0) is 18.2 Å². The number of aromatic nitrogens is 2. The molecule has 1 heterocycles. The lowest BCUT2D eigenvalue weighted by Crippen LogP contribution is -2.10. The Labute approximate surface area is 109 Å². The second-order valence-electron chi connectivity index (χ2n) is 3.52. The number of rotatable bonds is 3. The first-order valence-electron chi connectivity index (χ1n) is 4.92. The van der Waals surface area contributed by atoms with Crippen molar-refractivity contribution in [1.29, 1.82) is 0 Å². The second kappa shape index (κ2) is 4.73. The minimum Gasteiger partial charge on any atom is -0.389 e. The molecule has 1 aromatic carbocycles. The Bertz CT molecular complexity index is 564. The summed E-state index contributed by atoms with van der Waals surface area (Å²) in [5, 5.41) is 7.78. The first-order valence-corrected chi connectivity index (χ1v) is 5.71. The van der Waals surface area contributed by atoms with E-state index in [1.54, 1.807) is 23.0 Å². The molecule has 17 heavy (non-hydrogen) atoms. The smallest absolute Gasteiger partial charge is 0.128 e. The van der Waals surface area contributed by atoms with Gasteiger partial charge in [-0.2, -0.15) is 5.10 Å². The van der Waals surface area contributed by atoms with Gasteiger partial charge in [-0.3, -0.25) is 4.68 Å². The van der Waals surface area contributed by atoms with E-state index in [-0.39, 0.29) is 0 Å². The number of nitrogens with one attached hydrogen (secondary N) is 1. The second-order valence-corrected chi connectivity index (χ2v) is 4.37. The molecule has 3 N–H and O–H groups in total. The third-order valence-corrected chi connectivity index (χ3v) is 2.86. The Morgan fingerprint density at radius 3 is 2.76 bits per heavy atom. The van der Waals surface area contributed by atoms with Crippen LogP contribution in [0.4, 0.5) is 11.5 Å². The number of hydrogen-bond donors (Lipinski definition) is 2. The molecule has 6 heteroatoms. The van der Waals surface area contributed by atoms with Gasteiger partial charge in [0.25, 0.3) is 0 Å². The first-order chi connectivity index (χ1) is 8.08. The molecule has 0 bridgehead atoms. The van der Waals surface area contributed by atoms with E-state index in [1.165, 1.54) is 0 Å². The van der Waals surface area contributed by atoms with Crippen molar-refractivity contribution in [2.75, 3.05) is 5.32 Å². The summed E-state index contributed by atoms with van der Waals surface area (Å²) in [6, 6.07) is 7.31. The van der Waals surface area contributed by atoms with Crippen LogP contribution in [-0.4, -0.2) is 14.8 Å². The van der Waals surface area contributed by atoms with Gasteiger partial charge in [-0.15, -0.1) is 0 Å². The van der Waals surface area contributed by atoms with Crippen LogP contribution in [0, 0.1) is 0 Å². The Balaban J connectivity index is 2.27. The van der Waals surface area contributed by atoms with Crippen LogP contribution >= 0.6 is 23.8 Å². The summed E-state index contributed by atoms with van der Waals surface area (Å²) in [6.45, 7) is 0. The van der Waals surface area contributed by atoms with Crippen molar-refractivity contribution in [2.24, 2.45) is 12.8 Å². The molecule has 4 nitrogen and oxygen atoms in total. The molecule has 0 amide bonds. The molecule has 1 aromatic heterocycles. The molecule has 2 rings (SSSR count). The lowest BCUT2D eigenvalue weighted by molar-refractivity contribution is 0.776. The first kappa shape index (κ1) is 11.9. The molecule has 0 aliphatic carbocycles. The summed E-state index contributed by atoms with van der Waals surface area (Å²) in [7, 11) is 1.85. The maximum atomic E-state index is 6.07. The average Bonchev–Trinajstić information content (AvgIpc) is 2.64. The summed E-state index contributed by atoms with van der Waals surface area (Å²) in [5.74, 6) is 0.879. The molecule has 0 spiro atoms. The minimum atomic E-state index is 0.294. The number of halogens is 1. The van der Waals surface area contributed by atoms with Gasteiger partial charge in [0, 0.05) is 24.4 Å². The van der Waals surface area contributed by atoms with Crippen LogP contribution in [-0.2, 0) is 7.05 Å². The fourth-order valence-corrected chi connectivity index (χ4v) is 1.95. The zero-order valence-corrected chi connectivity index (χ0v) is 10.7. The van der Waals surface area contributed by atoms with Crippen LogP contribution in [0.1, 0.15) is 5.56 Å². The van der Waals surface area contributed by atoms with Crippen LogP contribution < -0.4 is 11.1 Å². The predicted molar refractivity (Wildman–Crippen MR) is 73.8 cm³/mol. The predicted octanol–water partition coefficient (Wildman–Crippen LogP) is 2.45. The fraction of sp³-hybridized carbons (Fsp3) is 0.0909. The number of anilines is 2. The van der Waals surface area contributed by atoms with Gasteiger partial charge in [0.15, 0.2) is 0 Å². The highest BCUT2D eigenvalue weighted by molar-refractivity contribution is 7.80. The molecule has 2 aromatic rings. The van der Waals surface area contributed by atoms with Gasteiger partial charge in [0.2, 0.25) is 0 Å². The van der Waals surface area contributed by atoms with E-state index < -0.39 is 0 Å². The van der Waals surface area contributed by atoms with E-state index >= 15 is 0 Å². The largest absolute Gasteiger partial charge is 0.389 e. The van der Waals surface area contributed by atoms with E-state index in [2.05, 4.69) is 10.4 Å². The van der Waals surface area contributed by atoms with Gasteiger partial charge >= 0.3 is 0 Å². The van der Waals surface area contributed by atoms with Gasteiger partial charge < -0.3 is 11.1 Å². The van der Waals surface area contributed by atoms with Crippen molar-refractivity contribution in [2.45, 2.75) is 0 Å². The molecular formula is C11H11ClN4S.